The van der Waals surface area contributed by atoms with Crippen molar-refractivity contribution in [3.8, 4) is 0 Å². The van der Waals surface area contributed by atoms with Gasteiger partial charge in [0.1, 0.15) is 0 Å². The summed E-state index contributed by atoms with van der Waals surface area (Å²) in [5.74, 6) is 0.525. The molecule has 3 nitrogen and oxygen atoms in total. The van der Waals surface area contributed by atoms with E-state index in [4.69, 9.17) is 0 Å². The Hall–Kier alpha value is -0.520. The molecule has 0 bridgehead atoms. The molecule has 2 rings (SSSR count). The van der Waals surface area contributed by atoms with E-state index in [0.29, 0.717) is 11.5 Å². The summed E-state index contributed by atoms with van der Waals surface area (Å²) >= 11 is 7.67. The van der Waals surface area contributed by atoms with Crippen LogP contribution in [0.1, 0.15) is 23.2 Å². The number of thiol groups is 1. The maximum Gasteiger partial charge on any atom is 0.252 e. The lowest BCUT2D eigenvalue weighted by atomic mass is 9.98. The molecule has 0 aliphatic carbocycles. The van der Waals surface area contributed by atoms with Gasteiger partial charge in [-0.2, -0.15) is 0 Å². The number of carbonyl (C=O) groups is 1. The molecule has 1 aromatic rings. The molecule has 0 radical (unpaired) electrons. The average molecular weight is 343 g/mol. The van der Waals surface area contributed by atoms with Crippen molar-refractivity contribution in [2.45, 2.75) is 17.7 Å². The summed E-state index contributed by atoms with van der Waals surface area (Å²) in [6.45, 7) is 2.97. The molecule has 1 aliphatic rings. The quantitative estimate of drug-likeness (QED) is 0.828. The van der Waals surface area contributed by atoms with Gasteiger partial charge in [-0.3, -0.25) is 4.79 Å². The maximum absolute atomic E-state index is 12.2. The molecule has 1 atom stereocenters. The molecular formula is C14H19BrN2OS. The number of likely N-dealkylation sites (tertiary alicyclic amines) is 1. The molecular weight excluding hydrogens is 324 g/mol. The van der Waals surface area contributed by atoms with Crippen LogP contribution in [0.25, 0.3) is 0 Å². The highest BCUT2D eigenvalue weighted by atomic mass is 79.9. The lowest BCUT2D eigenvalue weighted by Gasteiger charge is -2.29. The Bertz CT molecular complexity index is 467. The molecule has 0 aromatic heterocycles. The van der Waals surface area contributed by atoms with E-state index in [1.165, 1.54) is 12.8 Å². The Labute approximate surface area is 128 Å². The first kappa shape index (κ1) is 14.9. The zero-order valence-corrected chi connectivity index (χ0v) is 13.5. The molecule has 1 amide bonds. The molecule has 0 spiro atoms. The Morgan fingerprint density at radius 3 is 3.11 bits per heavy atom. The fourth-order valence-corrected chi connectivity index (χ4v) is 3.09. The highest BCUT2D eigenvalue weighted by Crippen LogP contribution is 2.20. The highest BCUT2D eigenvalue weighted by Gasteiger charge is 2.18. The van der Waals surface area contributed by atoms with E-state index < -0.39 is 0 Å². The van der Waals surface area contributed by atoms with Gasteiger partial charge in [0, 0.05) is 22.5 Å². The molecule has 104 valence electrons. The van der Waals surface area contributed by atoms with Crippen LogP contribution in [0.4, 0.5) is 0 Å². The van der Waals surface area contributed by atoms with E-state index in [0.717, 1.165) is 29.0 Å². The van der Waals surface area contributed by atoms with Crippen LogP contribution in [0.3, 0.4) is 0 Å². The smallest absolute Gasteiger partial charge is 0.252 e. The van der Waals surface area contributed by atoms with Gasteiger partial charge < -0.3 is 10.2 Å². The lowest BCUT2D eigenvalue weighted by Crippen LogP contribution is -2.39. The molecule has 1 aliphatic heterocycles. The first-order valence-electron chi connectivity index (χ1n) is 6.51. The number of carbonyl (C=O) groups excluding carboxylic acids is 1. The fraction of sp³-hybridized carbons (Fsp3) is 0.500. The van der Waals surface area contributed by atoms with Crippen LogP contribution in [-0.2, 0) is 0 Å². The number of amides is 1. The summed E-state index contributed by atoms with van der Waals surface area (Å²) in [5, 5.41) is 3.03. The van der Waals surface area contributed by atoms with Gasteiger partial charge in [-0.15, -0.1) is 12.6 Å². The summed E-state index contributed by atoms with van der Waals surface area (Å²) in [7, 11) is 2.13. The van der Waals surface area contributed by atoms with Gasteiger partial charge in [-0.25, -0.2) is 0 Å². The summed E-state index contributed by atoms with van der Waals surface area (Å²) in [6, 6.07) is 5.50. The number of rotatable bonds is 3. The van der Waals surface area contributed by atoms with Crippen LogP contribution in [0.2, 0.25) is 0 Å². The van der Waals surface area contributed by atoms with Crippen molar-refractivity contribution in [2.75, 3.05) is 26.7 Å². The van der Waals surface area contributed by atoms with Gasteiger partial charge in [-0.1, -0.05) is 0 Å². The van der Waals surface area contributed by atoms with E-state index in [1.54, 1.807) is 6.07 Å². The van der Waals surface area contributed by atoms with Crippen molar-refractivity contribution < 1.29 is 4.79 Å². The van der Waals surface area contributed by atoms with E-state index >= 15 is 0 Å². The molecule has 1 unspecified atom stereocenters. The van der Waals surface area contributed by atoms with Gasteiger partial charge in [0.25, 0.3) is 5.91 Å². The molecule has 1 fully saturated rings. The normalized spacial score (nSPS) is 20.3. The Balaban J connectivity index is 1.92. The van der Waals surface area contributed by atoms with Gasteiger partial charge in [-0.05, 0) is 66.5 Å². The first-order chi connectivity index (χ1) is 9.06. The van der Waals surface area contributed by atoms with Crippen molar-refractivity contribution >= 4 is 34.5 Å². The van der Waals surface area contributed by atoms with Crippen molar-refractivity contribution in [2.24, 2.45) is 5.92 Å². The number of hydrogen-bond acceptors (Lipinski definition) is 3. The monoisotopic (exact) mass is 342 g/mol. The largest absolute Gasteiger partial charge is 0.352 e. The van der Waals surface area contributed by atoms with E-state index in [9.17, 15) is 4.79 Å². The second-order valence-corrected chi connectivity index (χ2v) is 6.52. The minimum absolute atomic E-state index is 0.0315. The third-order valence-electron chi connectivity index (χ3n) is 3.47. The number of nitrogens with one attached hydrogen (secondary N) is 1. The zero-order valence-electron chi connectivity index (χ0n) is 11.0. The Morgan fingerprint density at radius 2 is 2.37 bits per heavy atom. The number of piperidine rings is 1. The zero-order chi connectivity index (χ0) is 13.8. The van der Waals surface area contributed by atoms with Gasteiger partial charge in [0.2, 0.25) is 0 Å². The van der Waals surface area contributed by atoms with Crippen LogP contribution in [0.15, 0.2) is 27.6 Å². The topological polar surface area (TPSA) is 32.3 Å². The fourth-order valence-electron chi connectivity index (χ4n) is 2.46. The first-order valence-corrected chi connectivity index (χ1v) is 7.75. The summed E-state index contributed by atoms with van der Waals surface area (Å²) in [6.07, 6.45) is 2.41. The van der Waals surface area contributed by atoms with Crippen molar-refractivity contribution in [1.82, 2.24) is 10.2 Å². The van der Waals surface area contributed by atoms with Crippen LogP contribution < -0.4 is 5.32 Å². The number of benzene rings is 1. The molecule has 5 heteroatoms. The molecule has 1 heterocycles. The molecule has 0 saturated carbocycles. The van der Waals surface area contributed by atoms with E-state index in [1.807, 2.05) is 12.1 Å². The Kier molecular flexibility index (Phi) is 5.30. The second-order valence-electron chi connectivity index (χ2n) is 5.14. The third-order valence-corrected chi connectivity index (χ3v) is 4.44. The number of halogens is 1. The maximum atomic E-state index is 12.2. The average Bonchev–Trinajstić information content (AvgIpc) is 2.39. The summed E-state index contributed by atoms with van der Waals surface area (Å²) in [4.78, 5) is 15.3. The number of nitrogens with zero attached hydrogens (tertiary/aromatic N) is 1. The molecule has 1 aromatic carbocycles. The minimum Gasteiger partial charge on any atom is -0.352 e. The van der Waals surface area contributed by atoms with Gasteiger partial charge >= 0.3 is 0 Å². The van der Waals surface area contributed by atoms with Crippen LogP contribution in [0, 0.1) is 5.92 Å². The van der Waals surface area contributed by atoms with Crippen LogP contribution >= 0.6 is 28.6 Å². The van der Waals surface area contributed by atoms with Gasteiger partial charge in [0.15, 0.2) is 0 Å². The van der Waals surface area contributed by atoms with Crippen molar-refractivity contribution in [1.29, 1.82) is 0 Å². The molecule has 19 heavy (non-hydrogen) atoms. The SMILES string of the molecule is CN1CCCC(CNC(=O)c2cc(S)ccc2Br)C1. The second kappa shape index (κ2) is 6.77. The lowest BCUT2D eigenvalue weighted by molar-refractivity contribution is 0.0936. The van der Waals surface area contributed by atoms with Crippen molar-refractivity contribution in [3.05, 3.63) is 28.2 Å². The van der Waals surface area contributed by atoms with Gasteiger partial charge in [0.05, 0.1) is 5.56 Å². The van der Waals surface area contributed by atoms with E-state index in [2.05, 4.69) is 45.8 Å². The van der Waals surface area contributed by atoms with E-state index in [-0.39, 0.29) is 5.91 Å². The molecule has 1 saturated heterocycles. The molecule has 1 N–H and O–H groups in total. The predicted molar refractivity (Wildman–Crippen MR) is 83.9 cm³/mol. The van der Waals surface area contributed by atoms with Crippen LogP contribution in [0.5, 0.6) is 0 Å². The highest BCUT2D eigenvalue weighted by molar-refractivity contribution is 9.10. The van der Waals surface area contributed by atoms with Crippen LogP contribution in [-0.4, -0.2) is 37.5 Å². The minimum atomic E-state index is -0.0315. The summed E-state index contributed by atoms with van der Waals surface area (Å²) < 4.78 is 0.809. The summed E-state index contributed by atoms with van der Waals surface area (Å²) in [5.41, 5.74) is 0.650. The predicted octanol–water partition coefficient (Wildman–Crippen LogP) is 2.81. The number of hydrogen-bond donors (Lipinski definition) is 2. The van der Waals surface area contributed by atoms with Crippen molar-refractivity contribution in [3.63, 3.8) is 0 Å². The third kappa shape index (κ3) is 4.23. The standard InChI is InChI=1S/C14H19BrN2OS/c1-17-6-2-3-10(9-17)8-16-14(18)12-7-11(19)4-5-13(12)15/h4-5,7,10,19H,2-3,6,8-9H2,1H3,(H,16,18). The Morgan fingerprint density at radius 1 is 1.58 bits per heavy atom.